The summed E-state index contributed by atoms with van der Waals surface area (Å²) < 4.78 is 1.01. The fourth-order valence-corrected chi connectivity index (χ4v) is 2.90. The van der Waals surface area contributed by atoms with Gasteiger partial charge in [0, 0.05) is 16.2 Å². The van der Waals surface area contributed by atoms with Gasteiger partial charge < -0.3 is 4.98 Å². The van der Waals surface area contributed by atoms with Crippen molar-refractivity contribution < 1.29 is 0 Å². The van der Waals surface area contributed by atoms with Gasteiger partial charge in [-0.3, -0.25) is 0 Å². The molecule has 1 N–H and O–H groups in total. The zero-order chi connectivity index (χ0) is 14.3. The van der Waals surface area contributed by atoms with E-state index in [1.807, 2.05) is 13.1 Å². The molecule has 0 radical (unpaired) electrons. The van der Waals surface area contributed by atoms with Gasteiger partial charge in [0.2, 0.25) is 0 Å². The Labute approximate surface area is 126 Å². The summed E-state index contributed by atoms with van der Waals surface area (Å²) in [5.74, 6) is 1.30. The summed E-state index contributed by atoms with van der Waals surface area (Å²) in [6.45, 7) is 6.39. The average molecular weight is 330 g/mol. The van der Waals surface area contributed by atoms with Crippen LogP contribution < -0.4 is 0 Å². The molecule has 0 saturated heterocycles. The monoisotopic (exact) mass is 329 g/mol. The van der Waals surface area contributed by atoms with Crippen molar-refractivity contribution in [1.29, 1.82) is 0 Å². The Bertz CT molecular complexity index is 757. The van der Waals surface area contributed by atoms with Crippen LogP contribution in [0.2, 0.25) is 0 Å². The first-order valence-corrected chi connectivity index (χ1v) is 7.47. The summed E-state index contributed by atoms with van der Waals surface area (Å²) in [5, 5.41) is 1.05. The number of hydrogen-bond acceptors (Lipinski definition) is 2. The van der Waals surface area contributed by atoms with E-state index >= 15 is 0 Å². The number of halogens is 1. The highest BCUT2D eigenvalue weighted by molar-refractivity contribution is 9.10. The molecule has 2 heterocycles. The van der Waals surface area contributed by atoms with Crippen LogP contribution in [0.4, 0.5) is 0 Å². The maximum atomic E-state index is 4.62. The number of nitrogens with one attached hydrogen (secondary N) is 1. The Hall–Kier alpha value is -1.68. The average Bonchev–Trinajstić information content (AvgIpc) is 2.81. The molecular formula is C16H16BrN3. The maximum absolute atomic E-state index is 4.62. The van der Waals surface area contributed by atoms with Crippen LogP contribution in [-0.4, -0.2) is 15.0 Å². The molecule has 0 fully saturated rings. The standard InChI is InChI=1S/C16H16BrN3/c1-9(2)11-4-6-12(7-5-11)15-19-10(3)14-13(17)8-18-16(14)20-15/h4-9H,1-3H3,(H,18,19,20). The van der Waals surface area contributed by atoms with Crippen LogP contribution in [0.25, 0.3) is 22.4 Å². The van der Waals surface area contributed by atoms with Gasteiger partial charge in [-0.2, -0.15) is 0 Å². The lowest BCUT2D eigenvalue weighted by Gasteiger charge is -2.07. The molecule has 0 saturated carbocycles. The second-order valence-electron chi connectivity index (χ2n) is 5.27. The molecule has 0 bridgehead atoms. The fourth-order valence-electron chi connectivity index (χ4n) is 2.31. The molecule has 3 nitrogen and oxygen atoms in total. The largest absolute Gasteiger partial charge is 0.345 e. The van der Waals surface area contributed by atoms with E-state index in [9.17, 15) is 0 Å². The fraction of sp³-hybridized carbons (Fsp3) is 0.250. The van der Waals surface area contributed by atoms with Gasteiger partial charge in [-0.1, -0.05) is 38.1 Å². The molecule has 0 aliphatic rings. The first-order valence-electron chi connectivity index (χ1n) is 6.68. The molecule has 0 unspecified atom stereocenters. The first kappa shape index (κ1) is 13.3. The van der Waals surface area contributed by atoms with Crippen molar-refractivity contribution >= 4 is 27.0 Å². The third-order valence-corrected chi connectivity index (χ3v) is 4.13. The van der Waals surface area contributed by atoms with Crippen molar-refractivity contribution in [3.8, 4) is 11.4 Å². The van der Waals surface area contributed by atoms with Gasteiger partial charge in [0.1, 0.15) is 5.65 Å². The highest BCUT2D eigenvalue weighted by Crippen LogP contribution is 2.27. The minimum atomic E-state index is 0.536. The Morgan fingerprint density at radius 3 is 2.45 bits per heavy atom. The summed E-state index contributed by atoms with van der Waals surface area (Å²) in [6, 6.07) is 8.48. The number of hydrogen-bond donors (Lipinski definition) is 1. The van der Waals surface area contributed by atoms with Gasteiger partial charge in [0.25, 0.3) is 0 Å². The zero-order valence-corrected chi connectivity index (χ0v) is 13.3. The SMILES string of the molecule is Cc1nc(-c2ccc(C(C)C)cc2)nc2[nH]cc(Br)c12. The Balaban J connectivity index is 2.10. The van der Waals surface area contributed by atoms with Crippen LogP contribution in [0.15, 0.2) is 34.9 Å². The number of aromatic amines is 1. The number of fused-ring (bicyclic) bond motifs is 1. The lowest BCUT2D eigenvalue weighted by atomic mass is 10.0. The Kier molecular flexibility index (Phi) is 3.34. The lowest BCUT2D eigenvalue weighted by Crippen LogP contribution is -1.94. The molecule has 4 heteroatoms. The van der Waals surface area contributed by atoms with Crippen molar-refractivity contribution in [1.82, 2.24) is 15.0 Å². The molecule has 0 amide bonds. The number of H-pyrrole nitrogens is 1. The third kappa shape index (κ3) is 2.24. The minimum absolute atomic E-state index is 0.536. The van der Waals surface area contributed by atoms with Crippen molar-refractivity contribution in [2.45, 2.75) is 26.7 Å². The molecule has 1 aromatic carbocycles. The van der Waals surface area contributed by atoms with Crippen LogP contribution in [0.5, 0.6) is 0 Å². The van der Waals surface area contributed by atoms with E-state index in [-0.39, 0.29) is 0 Å². The number of nitrogens with zero attached hydrogens (tertiary/aromatic N) is 2. The Morgan fingerprint density at radius 1 is 1.10 bits per heavy atom. The number of aromatic nitrogens is 3. The van der Waals surface area contributed by atoms with Gasteiger partial charge in [0.05, 0.1) is 11.1 Å². The van der Waals surface area contributed by atoms with E-state index in [4.69, 9.17) is 0 Å². The van der Waals surface area contributed by atoms with Gasteiger partial charge in [-0.05, 0) is 34.3 Å². The molecule has 2 aromatic heterocycles. The molecule has 102 valence electrons. The number of rotatable bonds is 2. The highest BCUT2D eigenvalue weighted by atomic mass is 79.9. The predicted molar refractivity (Wildman–Crippen MR) is 85.9 cm³/mol. The van der Waals surface area contributed by atoms with Crippen LogP contribution in [0.1, 0.15) is 31.0 Å². The van der Waals surface area contributed by atoms with Crippen molar-refractivity contribution in [3.63, 3.8) is 0 Å². The van der Waals surface area contributed by atoms with E-state index < -0.39 is 0 Å². The quantitative estimate of drug-likeness (QED) is 0.732. The maximum Gasteiger partial charge on any atom is 0.161 e. The number of aryl methyl sites for hydroxylation is 1. The van der Waals surface area contributed by atoms with Crippen LogP contribution in [0.3, 0.4) is 0 Å². The molecule has 0 aliphatic heterocycles. The normalized spacial score (nSPS) is 11.4. The molecular weight excluding hydrogens is 314 g/mol. The first-order chi connectivity index (χ1) is 9.56. The molecule has 20 heavy (non-hydrogen) atoms. The topological polar surface area (TPSA) is 41.6 Å². The van der Waals surface area contributed by atoms with E-state index in [2.05, 4.69) is 69.0 Å². The van der Waals surface area contributed by atoms with E-state index in [0.29, 0.717) is 5.92 Å². The van der Waals surface area contributed by atoms with Gasteiger partial charge in [-0.25, -0.2) is 9.97 Å². The molecule has 0 aliphatic carbocycles. The van der Waals surface area contributed by atoms with Crippen molar-refractivity contribution in [2.24, 2.45) is 0 Å². The van der Waals surface area contributed by atoms with Gasteiger partial charge >= 0.3 is 0 Å². The van der Waals surface area contributed by atoms with E-state index in [1.165, 1.54) is 5.56 Å². The van der Waals surface area contributed by atoms with Gasteiger partial charge in [-0.15, -0.1) is 0 Å². The molecule has 0 atom stereocenters. The van der Waals surface area contributed by atoms with Crippen LogP contribution >= 0.6 is 15.9 Å². The van der Waals surface area contributed by atoms with Gasteiger partial charge in [0.15, 0.2) is 5.82 Å². The lowest BCUT2D eigenvalue weighted by molar-refractivity contribution is 0.867. The summed E-state index contributed by atoms with van der Waals surface area (Å²) in [4.78, 5) is 12.4. The second kappa shape index (κ2) is 5.02. The number of benzene rings is 1. The van der Waals surface area contributed by atoms with Crippen LogP contribution in [-0.2, 0) is 0 Å². The molecule has 0 spiro atoms. The van der Waals surface area contributed by atoms with Crippen molar-refractivity contribution in [2.75, 3.05) is 0 Å². The minimum Gasteiger partial charge on any atom is -0.345 e. The highest BCUT2D eigenvalue weighted by Gasteiger charge is 2.11. The van der Waals surface area contributed by atoms with E-state index in [1.54, 1.807) is 0 Å². The second-order valence-corrected chi connectivity index (χ2v) is 6.12. The molecule has 3 aromatic rings. The summed E-state index contributed by atoms with van der Waals surface area (Å²) in [7, 11) is 0. The predicted octanol–water partition coefficient (Wildman–Crippen LogP) is 4.82. The smallest absolute Gasteiger partial charge is 0.161 e. The van der Waals surface area contributed by atoms with Crippen molar-refractivity contribution in [3.05, 3.63) is 46.2 Å². The summed E-state index contributed by atoms with van der Waals surface area (Å²) >= 11 is 3.51. The van der Waals surface area contributed by atoms with E-state index in [0.717, 1.165) is 32.6 Å². The summed E-state index contributed by atoms with van der Waals surface area (Å²) in [6.07, 6.45) is 1.90. The summed E-state index contributed by atoms with van der Waals surface area (Å²) in [5.41, 5.74) is 4.22. The third-order valence-electron chi connectivity index (χ3n) is 3.50. The van der Waals surface area contributed by atoms with Crippen LogP contribution in [0, 0.1) is 6.92 Å². The molecule has 3 rings (SSSR count). The zero-order valence-electron chi connectivity index (χ0n) is 11.7. The Morgan fingerprint density at radius 2 is 1.80 bits per heavy atom.